The van der Waals surface area contributed by atoms with E-state index in [1.807, 2.05) is 0 Å². The molecule has 0 aromatic carbocycles. The maximum absolute atomic E-state index is 12.0. The highest BCUT2D eigenvalue weighted by Gasteiger charge is 2.52. The van der Waals surface area contributed by atoms with Crippen LogP contribution in [-0.2, 0) is 9.59 Å². The summed E-state index contributed by atoms with van der Waals surface area (Å²) in [5, 5.41) is 21.4. The average Bonchev–Trinajstić information content (AvgIpc) is 2.84. The molecule has 1 amide bonds. The second kappa shape index (κ2) is 4.23. The summed E-state index contributed by atoms with van der Waals surface area (Å²) in [6.45, 7) is 0. The lowest BCUT2D eigenvalue weighted by molar-refractivity contribution is -0.145. The van der Waals surface area contributed by atoms with Crippen LogP contribution in [0.2, 0.25) is 0 Å². The van der Waals surface area contributed by atoms with Gasteiger partial charge in [0.15, 0.2) is 0 Å². The van der Waals surface area contributed by atoms with E-state index >= 15 is 0 Å². The number of aliphatic hydroxyl groups excluding tert-OH is 1. The first kappa shape index (κ1) is 12.0. The maximum atomic E-state index is 12.0. The number of nitrogens with one attached hydrogen (secondary N) is 1. The monoisotopic (exact) mass is 253 g/mol. The molecule has 2 bridgehead atoms. The Morgan fingerprint density at radius 2 is 1.72 bits per heavy atom. The molecule has 3 saturated carbocycles. The Kier molecular flexibility index (Phi) is 2.81. The lowest BCUT2D eigenvalue weighted by atomic mass is 9.80. The van der Waals surface area contributed by atoms with Crippen molar-refractivity contribution in [2.24, 2.45) is 23.7 Å². The summed E-state index contributed by atoms with van der Waals surface area (Å²) in [6.07, 6.45) is 3.64. The first-order valence-corrected chi connectivity index (χ1v) is 6.77. The molecule has 0 saturated heterocycles. The lowest BCUT2D eigenvalue weighted by Gasteiger charge is -2.34. The Morgan fingerprint density at radius 1 is 1.06 bits per heavy atom. The molecule has 0 heterocycles. The van der Waals surface area contributed by atoms with Gasteiger partial charge in [0.1, 0.15) is 0 Å². The summed E-state index contributed by atoms with van der Waals surface area (Å²) >= 11 is 0. The molecule has 3 aliphatic carbocycles. The number of hydrogen-bond acceptors (Lipinski definition) is 3. The van der Waals surface area contributed by atoms with Gasteiger partial charge in [-0.2, -0.15) is 0 Å². The highest BCUT2D eigenvalue weighted by Crippen LogP contribution is 2.48. The molecular weight excluding hydrogens is 234 g/mol. The van der Waals surface area contributed by atoms with Gasteiger partial charge >= 0.3 is 5.97 Å². The van der Waals surface area contributed by atoms with Crippen LogP contribution in [0.3, 0.4) is 0 Å². The van der Waals surface area contributed by atoms with E-state index in [4.69, 9.17) is 0 Å². The van der Waals surface area contributed by atoms with Crippen LogP contribution in [0.15, 0.2) is 0 Å². The third kappa shape index (κ3) is 1.81. The highest BCUT2D eigenvalue weighted by atomic mass is 16.4. The number of carboxylic acid groups (broad SMARTS) is 1. The normalized spacial score (nSPS) is 45.6. The van der Waals surface area contributed by atoms with Crippen molar-refractivity contribution in [1.29, 1.82) is 0 Å². The minimum atomic E-state index is -0.777. The van der Waals surface area contributed by atoms with Gasteiger partial charge in [0.25, 0.3) is 0 Å². The number of rotatable bonds is 3. The summed E-state index contributed by atoms with van der Waals surface area (Å²) in [7, 11) is 0. The van der Waals surface area contributed by atoms with Crippen LogP contribution >= 0.6 is 0 Å². The van der Waals surface area contributed by atoms with E-state index in [0.717, 1.165) is 19.3 Å². The molecule has 0 radical (unpaired) electrons. The largest absolute Gasteiger partial charge is 0.481 e. The van der Waals surface area contributed by atoms with Crippen molar-refractivity contribution < 1.29 is 19.8 Å². The molecule has 18 heavy (non-hydrogen) atoms. The Balaban J connectivity index is 1.64. The van der Waals surface area contributed by atoms with E-state index < -0.39 is 11.9 Å². The fourth-order valence-electron chi connectivity index (χ4n) is 3.94. The average molecular weight is 253 g/mol. The summed E-state index contributed by atoms with van der Waals surface area (Å²) < 4.78 is 0. The van der Waals surface area contributed by atoms with Gasteiger partial charge < -0.3 is 15.5 Å². The smallest absolute Gasteiger partial charge is 0.308 e. The summed E-state index contributed by atoms with van der Waals surface area (Å²) in [6, 6.07) is -0.188. The zero-order valence-corrected chi connectivity index (χ0v) is 10.2. The number of amides is 1. The molecule has 0 aromatic rings. The standard InChI is InChI=1S/C13H19NO4/c15-9-4-8(5-9)12(16)14-11-7-2-1-6(3-7)10(11)13(17)18/h6-11,15H,1-5H2,(H,14,16)(H,17,18)/t6-,7+,8?,9?,10+,11-/m0/s1. The number of carboxylic acids is 1. The second-order valence-electron chi connectivity index (χ2n) is 6.05. The number of aliphatic hydroxyl groups is 1. The van der Waals surface area contributed by atoms with Crippen molar-refractivity contribution in [2.45, 2.75) is 44.2 Å². The van der Waals surface area contributed by atoms with Crippen LogP contribution in [0.1, 0.15) is 32.1 Å². The summed E-state index contributed by atoms with van der Waals surface area (Å²) in [5.74, 6) is -0.786. The van der Waals surface area contributed by atoms with E-state index in [-0.39, 0.29) is 29.9 Å². The molecule has 3 rings (SSSR count). The number of carbonyl (C=O) groups excluding carboxylic acids is 1. The van der Waals surface area contributed by atoms with Crippen LogP contribution in [0, 0.1) is 23.7 Å². The van der Waals surface area contributed by atoms with Crippen molar-refractivity contribution in [2.75, 3.05) is 0 Å². The van der Waals surface area contributed by atoms with Crippen molar-refractivity contribution >= 4 is 11.9 Å². The minimum absolute atomic E-state index is 0.0656. The van der Waals surface area contributed by atoms with Crippen molar-refractivity contribution in [3.8, 4) is 0 Å². The third-order valence-corrected chi connectivity index (χ3v) is 4.99. The molecule has 3 N–H and O–H groups in total. The zero-order chi connectivity index (χ0) is 12.9. The molecule has 0 aliphatic heterocycles. The predicted molar refractivity (Wildman–Crippen MR) is 62.6 cm³/mol. The van der Waals surface area contributed by atoms with E-state index in [1.165, 1.54) is 0 Å². The maximum Gasteiger partial charge on any atom is 0.308 e. The van der Waals surface area contributed by atoms with Crippen LogP contribution < -0.4 is 5.32 Å². The number of aliphatic carboxylic acids is 1. The van der Waals surface area contributed by atoms with Crippen molar-refractivity contribution in [1.82, 2.24) is 5.32 Å². The molecular formula is C13H19NO4. The van der Waals surface area contributed by atoms with E-state index in [1.54, 1.807) is 0 Å². The van der Waals surface area contributed by atoms with E-state index in [0.29, 0.717) is 18.8 Å². The Hall–Kier alpha value is -1.10. The zero-order valence-electron chi connectivity index (χ0n) is 10.2. The van der Waals surface area contributed by atoms with Gasteiger partial charge in [-0.1, -0.05) is 0 Å². The summed E-state index contributed by atoms with van der Waals surface area (Å²) in [4.78, 5) is 23.3. The SMILES string of the molecule is O=C(N[C@H]1[C@@H]2CC[C@@H](C2)[C@H]1C(=O)O)C1CC(O)C1. The molecule has 0 unspecified atom stereocenters. The number of carbonyl (C=O) groups is 2. The molecule has 100 valence electrons. The molecule has 0 spiro atoms. The van der Waals surface area contributed by atoms with Crippen LogP contribution in [0.5, 0.6) is 0 Å². The molecule has 3 aliphatic rings. The second-order valence-corrected chi connectivity index (χ2v) is 6.05. The first-order chi connectivity index (χ1) is 8.56. The van der Waals surface area contributed by atoms with Gasteiger partial charge in [-0.15, -0.1) is 0 Å². The first-order valence-electron chi connectivity index (χ1n) is 6.77. The third-order valence-electron chi connectivity index (χ3n) is 4.99. The predicted octanol–water partition coefficient (Wildman–Crippen LogP) is 0.373. The van der Waals surface area contributed by atoms with Crippen LogP contribution in [0.25, 0.3) is 0 Å². The van der Waals surface area contributed by atoms with Crippen LogP contribution in [0.4, 0.5) is 0 Å². The molecule has 0 aromatic heterocycles. The minimum Gasteiger partial charge on any atom is -0.481 e. The Labute approximate surface area is 106 Å². The summed E-state index contributed by atoms with van der Waals surface area (Å²) in [5.41, 5.74) is 0. The van der Waals surface area contributed by atoms with Gasteiger partial charge in [-0.3, -0.25) is 9.59 Å². The number of hydrogen-bond donors (Lipinski definition) is 3. The fraction of sp³-hybridized carbons (Fsp3) is 0.846. The van der Waals surface area contributed by atoms with Crippen molar-refractivity contribution in [3.05, 3.63) is 0 Å². The molecule has 3 fully saturated rings. The van der Waals surface area contributed by atoms with Gasteiger partial charge in [-0.05, 0) is 43.9 Å². The molecule has 4 atom stereocenters. The van der Waals surface area contributed by atoms with Crippen LogP contribution in [-0.4, -0.2) is 34.2 Å². The quantitative estimate of drug-likeness (QED) is 0.678. The van der Waals surface area contributed by atoms with Gasteiger partial charge in [0, 0.05) is 12.0 Å². The van der Waals surface area contributed by atoms with E-state index in [9.17, 15) is 19.8 Å². The Morgan fingerprint density at radius 3 is 2.33 bits per heavy atom. The topological polar surface area (TPSA) is 86.6 Å². The van der Waals surface area contributed by atoms with Gasteiger partial charge in [0.05, 0.1) is 12.0 Å². The van der Waals surface area contributed by atoms with Gasteiger partial charge in [-0.25, -0.2) is 0 Å². The van der Waals surface area contributed by atoms with Gasteiger partial charge in [0.2, 0.25) is 5.91 Å². The number of fused-ring (bicyclic) bond motifs is 2. The lowest BCUT2D eigenvalue weighted by Crippen LogP contribution is -2.51. The molecule has 5 heteroatoms. The fourth-order valence-corrected chi connectivity index (χ4v) is 3.94. The molecule has 5 nitrogen and oxygen atoms in total. The Bertz CT molecular complexity index is 377. The highest BCUT2D eigenvalue weighted by molar-refractivity contribution is 5.81. The van der Waals surface area contributed by atoms with E-state index in [2.05, 4.69) is 5.32 Å². The van der Waals surface area contributed by atoms with Crippen molar-refractivity contribution in [3.63, 3.8) is 0 Å².